The number of anilines is 1. The van der Waals surface area contributed by atoms with Crippen molar-refractivity contribution in [3.63, 3.8) is 0 Å². The average molecular weight is 462 g/mol. The van der Waals surface area contributed by atoms with Gasteiger partial charge in [-0.15, -0.1) is 0 Å². The normalized spacial score (nSPS) is 16.5. The number of hydrogen-bond acceptors (Lipinski definition) is 5. The van der Waals surface area contributed by atoms with Gasteiger partial charge in [0.1, 0.15) is 11.6 Å². The van der Waals surface area contributed by atoms with Gasteiger partial charge in [-0.25, -0.2) is 4.39 Å². The summed E-state index contributed by atoms with van der Waals surface area (Å²) in [4.78, 5) is 27.6. The summed E-state index contributed by atoms with van der Waals surface area (Å²) in [7, 11) is 0. The van der Waals surface area contributed by atoms with Crippen LogP contribution in [0.3, 0.4) is 0 Å². The molecule has 0 radical (unpaired) electrons. The van der Waals surface area contributed by atoms with Crippen molar-refractivity contribution in [3.05, 3.63) is 83.2 Å². The maximum Gasteiger partial charge on any atom is 0.264 e. The highest BCUT2D eigenvalue weighted by molar-refractivity contribution is 6.04. The van der Waals surface area contributed by atoms with Crippen LogP contribution in [0.5, 0.6) is 17.2 Å². The predicted octanol–water partition coefficient (Wildman–Crippen LogP) is 4.51. The topological polar surface area (TPSA) is 77.1 Å². The van der Waals surface area contributed by atoms with Gasteiger partial charge in [-0.3, -0.25) is 9.59 Å². The van der Waals surface area contributed by atoms with Crippen LogP contribution in [0.4, 0.5) is 10.1 Å². The second-order valence-electron chi connectivity index (χ2n) is 8.18. The standard InChI is InChI=1S/C26H23FN2O5/c1-2-21-26(31)29(13-16-3-6-19(27)7-4-16)14-18-11-20(8-10-22(18)34-21)28-25(30)17-5-9-23-24(12-17)33-15-32-23/h3-12,21H,2,13-15H2,1H3,(H,28,30). The monoisotopic (exact) mass is 462 g/mol. The number of nitrogens with one attached hydrogen (secondary N) is 1. The number of carbonyl (C=O) groups excluding carboxylic acids is 2. The van der Waals surface area contributed by atoms with E-state index in [9.17, 15) is 14.0 Å². The third-order valence-electron chi connectivity index (χ3n) is 5.83. The first-order valence-corrected chi connectivity index (χ1v) is 11.0. The van der Waals surface area contributed by atoms with Gasteiger partial charge < -0.3 is 24.4 Å². The molecular formula is C26H23FN2O5. The number of ether oxygens (including phenoxy) is 3. The molecule has 1 unspecified atom stereocenters. The van der Waals surface area contributed by atoms with E-state index in [0.717, 1.165) is 11.1 Å². The zero-order valence-corrected chi connectivity index (χ0v) is 18.5. The number of amides is 2. The molecule has 0 fully saturated rings. The van der Waals surface area contributed by atoms with Gasteiger partial charge in [0.05, 0.1) is 0 Å². The molecule has 0 spiro atoms. The van der Waals surface area contributed by atoms with Crippen LogP contribution in [0.1, 0.15) is 34.8 Å². The minimum Gasteiger partial charge on any atom is -0.480 e. The van der Waals surface area contributed by atoms with E-state index in [-0.39, 0.29) is 24.4 Å². The zero-order chi connectivity index (χ0) is 23.7. The number of hydrogen-bond donors (Lipinski definition) is 1. The number of rotatable bonds is 5. The van der Waals surface area contributed by atoms with Crippen LogP contribution in [0, 0.1) is 5.82 Å². The smallest absolute Gasteiger partial charge is 0.264 e. The summed E-state index contributed by atoms with van der Waals surface area (Å²) >= 11 is 0. The molecule has 3 aromatic carbocycles. The molecule has 34 heavy (non-hydrogen) atoms. The van der Waals surface area contributed by atoms with E-state index in [1.54, 1.807) is 47.4 Å². The van der Waals surface area contributed by atoms with Crippen LogP contribution in [0.25, 0.3) is 0 Å². The SMILES string of the molecule is CCC1Oc2ccc(NC(=O)c3ccc4c(c3)OCO4)cc2CN(Cc2ccc(F)cc2)C1=O. The molecule has 1 atom stereocenters. The van der Waals surface area contributed by atoms with Crippen molar-refractivity contribution in [2.45, 2.75) is 32.5 Å². The zero-order valence-electron chi connectivity index (χ0n) is 18.5. The first-order chi connectivity index (χ1) is 16.5. The molecule has 2 amide bonds. The molecule has 0 aliphatic carbocycles. The first-order valence-electron chi connectivity index (χ1n) is 11.0. The summed E-state index contributed by atoms with van der Waals surface area (Å²) in [5.74, 6) is 0.989. The van der Waals surface area contributed by atoms with Gasteiger partial charge in [0.15, 0.2) is 17.6 Å². The summed E-state index contributed by atoms with van der Waals surface area (Å²) in [5.41, 5.74) is 2.61. The molecule has 174 valence electrons. The van der Waals surface area contributed by atoms with Gasteiger partial charge in [-0.1, -0.05) is 19.1 Å². The van der Waals surface area contributed by atoms with Crippen molar-refractivity contribution in [1.82, 2.24) is 4.90 Å². The van der Waals surface area contributed by atoms with Gasteiger partial charge in [0.2, 0.25) is 6.79 Å². The molecule has 0 saturated carbocycles. The highest BCUT2D eigenvalue weighted by Crippen LogP contribution is 2.33. The van der Waals surface area contributed by atoms with Gasteiger partial charge in [-0.2, -0.15) is 0 Å². The fraction of sp³-hybridized carbons (Fsp3) is 0.231. The van der Waals surface area contributed by atoms with E-state index in [0.29, 0.717) is 48.0 Å². The van der Waals surface area contributed by atoms with E-state index in [2.05, 4.69) is 5.32 Å². The fourth-order valence-electron chi connectivity index (χ4n) is 4.03. The minimum absolute atomic E-state index is 0.131. The Labute approximate surface area is 196 Å². The molecule has 2 aliphatic heterocycles. The maximum absolute atomic E-state index is 13.3. The van der Waals surface area contributed by atoms with E-state index in [1.807, 2.05) is 13.0 Å². The number of nitrogens with zero attached hydrogens (tertiary/aromatic N) is 1. The average Bonchev–Trinajstić information content (AvgIpc) is 3.27. The lowest BCUT2D eigenvalue weighted by Crippen LogP contribution is -2.38. The van der Waals surface area contributed by atoms with E-state index >= 15 is 0 Å². The number of carbonyl (C=O) groups is 2. The molecule has 5 rings (SSSR count). The van der Waals surface area contributed by atoms with Crippen LogP contribution < -0.4 is 19.5 Å². The summed E-state index contributed by atoms with van der Waals surface area (Å²) in [6.45, 7) is 2.66. The Bertz CT molecular complexity index is 1240. The van der Waals surface area contributed by atoms with Crippen LogP contribution in [0.15, 0.2) is 60.7 Å². The Morgan fingerprint density at radius 3 is 2.59 bits per heavy atom. The number of fused-ring (bicyclic) bond motifs is 2. The molecule has 8 heteroatoms. The number of benzene rings is 3. The summed E-state index contributed by atoms with van der Waals surface area (Å²) in [6, 6.07) is 16.4. The molecule has 3 aromatic rings. The maximum atomic E-state index is 13.3. The van der Waals surface area contributed by atoms with Gasteiger partial charge >= 0.3 is 0 Å². The van der Waals surface area contributed by atoms with Crippen molar-refractivity contribution in [2.24, 2.45) is 0 Å². The van der Waals surface area contributed by atoms with Crippen LogP contribution in [-0.4, -0.2) is 29.6 Å². The fourth-order valence-corrected chi connectivity index (χ4v) is 4.03. The molecule has 1 N–H and O–H groups in total. The van der Waals surface area contributed by atoms with Gasteiger partial charge in [0.25, 0.3) is 11.8 Å². The highest BCUT2D eigenvalue weighted by atomic mass is 19.1. The minimum atomic E-state index is -0.615. The first kappa shape index (κ1) is 21.8. The molecule has 0 saturated heterocycles. The van der Waals surface area contributed by atoms with Crippen LogP contribution >= 0.6 is 0 Å². The lowest BCUT2D eigenvalue weighted by atomic mass is 10.1. The van der Waals surface area contributed by atoms with Crippen molar-refractivity contribution >= 4 is 17.5 Å². The third-order valence-corrected chi connectivity index (χ3v) is 5.83. The predicted molar refractivity (Wildman–Crippen MR) is 122 cm³/mol. The highest BCUT2D eigenvalue weighted by Gasteiger charge is 2.30. The Balaban J connectivity index is 1.37. The second kappa shape index (κ2) is 9.05. The summed E-state index contributed by atoms with van der Waals surface area (Å²) in [6.07, 6.45) is -0.100. The van der Waals surface area contributed by atoms with E-state index in [1.165, 1.54) is 12.1 Å². The Morgan fingerprint density at radius 2 is 1.79 bits per heavy atom. The Hall–Kier alpha value is -4.07. The largest absolute Gasteiger partial charge is 0.480 e. The van der Waals surface area contributed by atoms with Crippen molar-refractivity contribution in [1.29, 1.82) is 0 Å². The van der Waals surface area contributed by atoms with Crippen LogP contribution in [0.2, 0.25) is 0 Å². The van der Waals surface area contributed by atoms with Crippen molar-refractivity contribution in [3.8, 4) is 17.2 Å². The lowest BCUT2D eigenvalue weighted by molar-refractivity contribution is -0.139. The third kappa shape index (κ3) is 4.39. The summed E-state index contributed by atoms with van der Waals surface area (Å²) in [5, 5.41) is 2.89. The molecule has 2 heterocycles. The van der Waals surface area contributed by atoms with Gasteiger partial charge in [0, 0.05) is 29.9 Å². The quantitative estimate of drug-likeness (QED) is 0.604. The molecule has 2 aliphatic rings. The Kier molecular flexibility index (Phi) is 5.79. The van der Waals surface area contributed by atoms with Crippen LogP contribution in [-0.2, 0) is 17.9 Å². The number of halogens is 1. The second-order valence-corrected chi connectivity index (χ2v) is 8.18. The molecule has 0 aromatic heterocycles. The lowest BCUT2D eigenvalue weighted by Gasteiger charge is -2.23. The molecule has 0 bridgehead atoms. The van der Waals surface area contributed by atoms with E-state index in [4.69, 9.17) is 14.2 Å². The summed E-state index contributed by atoms with van der Waals surface area (Å²) < 4.78 is 30.0. The van der Waals surface area contributed by atoms with E-state index < -0.39 is 6.10 Å². The van der Waals surface area contributed by atoms with Crippen molar-refractivity contribution in [2.75, 3.05) is 12.1 Å². The van der Waals surface area contributed by atoms with Crippen molar-refractivity contribution < 1.29 is 28.2 Å². The Morgan fingerprint density at radius 1 is 1.03 bits per heavy atom. The molecular weight excluding hydrogens is 439 g/mol. The molecule has 7 nitrogen and oxygen atoms in total. The van der Waals surface area contributed by atoms with Gasteiger partial charge in [-0.05, 0) is 60.5 Å².